The average Bonchev–Trinajstić information content (AvgIpc) is 2.64. The molecule has 0 spiro atoms. The first-order chi connectivity index (χ1) is 12.8. The zero-order valence-corrected chi connectivity index (χ0v) is 15.7. The highest BCUT2D eigenvalue weighted by Gasteiger charge is 2.15. The van der Waals surface area contributed by atoms with Crippen LogP contribution in [0.15, 0.2) is 42.5 Å². The van der Waals surface area contributed by atoms with Crippen LogP contribution in [0.2, 0.25) is 0 Å². The molecule has 6 nitrogen and oxygen atoms in total. The normalized spacial score (nSPS) is 10.8. The van der Waals surface area contributed by atoms with Gasteiger partial charge < -0.3 is 15.4 Å². The van der Waals surface area contributed by atoms with Crippen LogP contribution in [-0.4, -0.2) is 37.0 Å². The van der Waals surface area contributed by atoms with Crippen molar-refractivity contribution in [3.63, 3.8) is 0 Å². The summed E-state index contributed by atoms with van der Waals surface area (Å²) in [5.41, 5.74) is 1.87. The minimum absolute atomic E-state index is 0.244. The highest BCUT2D eigenvalue weighted by Crippen LogP contribution is 2.23. The Bertz CT molecular complexity index is 811. The van der Waals surface area contributed by atoms with Crippen LogP contribution in [-0.2, 0) is 4.74 Å². The van der Waals surface area contributed by atoms with Crippen LogP contribution in [0.25, 0.3) is 11.1 Å². The van der Waals surface area contributed by atoms with Gasteiger partial charge >= 0.3 is 6.09 Å². The third-order valence-corrected chi connectivity index (χ3v) is 3.55. The summed E-state index contributed by atoms with van der Waals surface area (Å²) in [7, 11) is 0. The fourth-order valence-corrected chi connectivity index (χ4v) is 2.37. The summed E-state index contributed by atoms with van der Waals surface area (Å²) in [4.78, 5) is 35.2. The Morgan fingerprint density at radius 2 is 1.74 bits per heavy atom. The zero-order valence-electron chi connectivity index (χ0n) is 15.7. The maximum Gasteiger partial charge on any atom is 0.407 e. The Morgan fingerprint density at radius 3 is 2.37 bits per heavy atom. The van der Waals surface area contributed by atoms with Crippen molar-refractivity contribution >= 4 is 18.3 Å². The third-order valence-electron chi connectivity index (χ3n) is 3.55. The minimum atomic E-state index is -0.570. The smallest absolute Gasteiger partial charge is 0.407 e. The van der Waals surface area contributed by atoms with Crippen molar-refractivity contribution in [2.75, 3.05) is 13.1 Å². The number of aldehydes is 1. The number of hydrogen-bond donors (Lipinski definition) is 2. The molecular formula is C21H23N2O4. The van der Waals surface area contributed by atoms with Crippen molar-refractivity contribution in [2.24, 2.45) is 0 Å². The minimum Gasteiger partial charge on any atom is -0.444 e. The first-order valence-electron chi connectivity index (χ1n) is 8.61. The number of carbonyl (C=O) groups excluding carboxylic acids is 3. The molecule has 2 aromatic rings. The molecule has 0 saturated carbocycles. The molecule has 0 aliphatic rings. The number of amides is 2. The molecule has 2 rings (SSSR count). The van der Waals surface area contributed by atoms with Crippen LogP contribution in [0, 0.1) is 6.07 Å². The topological polar surface area (TPSA) is 84.5 Å². The Kier molecular flexibility index (Phi) is 6.71. The van der Waals surface area contributed by atoms with Gasteiger partial charge in [0.15, 0.2) is 6.29 Å². The molecule has 141 valence electrons. The van der Waals surface area contributed by atoms with E-state index in [2.05, 4.69) is 16.7 Å². The van der Waals surface area contributed by atoms with Crippen molar-refractivity contribution in [3.05, 3.63) is 59.7 Å². The van der Waals surface area contributed by atoms with Gasteiger partial charge in [-0.05, 0) is 50.1 Å². The van der Waals surface area contributed by atoms with Gasteiger partial charge in [-0.1, -0.05) is 30.3 Å². The maximum atomic E-state index is 12.4. The first-order valence-corrected chi connectivity index (χ1v) is 8.61. The second-order valence-corrected chi connectivity index (χ2v) is 6.89. The summed E-state index contributed by atoms with van der Waals surface area (Å²) < 4.78 is 5.12. The van der Waals surface area contributed by atoms with Gasteiger partial charge in [-0.2, -0.15) is 0 Å². The fraction of sp³-hybridized carbons (Fsp3) is 0.286. The molecule has 27 heavy (non-hydrogen) atoms. The number of rotatable bonds is 6. The van der Waals surface area contributed by atoms with Crippen LogP contribution in [0.1, 0.15) is 41.5 Å². The van der Waals surface area contributed by atoms with Gasteiger partial charge in [0.2, 0.25) is 0 Å². The van der Waals surface area contributed by atoms with Gasteiger partial charge in [0.1, 0.15) is 5.60 Å². The summed E-state index contributed by atoms with van der Waals surface area (Å²) >= 11 is 0. The number of benzene rings is 2. The SMILES string of the molecule is CC(C)(C)OC(=O)NCCNC(=O)c1ccc(C=O)c(-c2cc[c]cc2)c1. The Balaban J connectivity index is 1.97. The van der Waals surface area contributed by atoms with Gasteiger partial charge in [-0.15, -0.1) is 0 Å². The number of alkyl carbamates (subject to hydrolysis) is 1. The van der Waals surface area contributed by atoms with E-state index in [0.29, 0.717) is 16.7 Å². The summed E-state index contributed by atoms with van der Waals surface area (Å²) in [5, 5.41) is 5.31. The molecular weight excluding hydrogens is 344 g/mol. The zero-order chi connectivity index (χ0) is 19.9. The number of hydrogen-bond acceptors (Lipinski definition) is 4. The summed E-state index contributed by atoms with van der Waals surface area (Å²) in [6.07, 6.45) is 0.230. The molecule has 0 unspecified atom stereocenters. The Morgan fingerprint density at radius 1 is 1.07 bits per heavy atom. The molecule has 0 saturated heterocycles. The van der Waals surface area contributed by atoms with E-state index in [1.54, 1.807) is 51.1 Å². The van der Waals surface area contributed by atoms with E-state index in [-0.39, 0.29) is 19.0 Å². The molecule has 6 heteroatoms. The van der Waals surface area contributed by atoms with E-state index in [1.165, 1.54) is 0 Å². The molecule has 2 aromatic carbocycles. The van der Waals surface area contributed by atoms with E-state index in [4.69, 9.17) is 4.74 Å². The van der Waals surface area contributed by atoms with Crippen LogP contribution in [0.5, 0.6) is 0 Å². The lowest BCUT2D eigenvalue weighted by Gasteiger charge is -2.19. The predicted molar refractivity (Wildman–Crippen MR) is 103 cm³/mol. The quantitative estimate of drug-likeness (QED) is 0.606. The van der Waals surface area contributed by atoms with E-state index in [9.17, 15) is 14.4 Å². The second kappa shape index (κ2) is 8.98. The molecule has 0 atom stereocenters. The highest BCUT2D eigenvalue weighted by molar-refractivity contribution is 5.98. The molecule has 0 bridgehead atoms. The van der Waals surface area contributed by atoms with Crippen LogP contribution in [0.4, 0.5) is 4.79 Å². The number of carbonyl (C=O) groups is 3. The molecule has 0 aliphatic heterocycles. The summed E-state index contributed by atoms with van der Waals surface area (Å²) in [6, 6.07) is 15.0. The van der Waals surface area contributed by atoms with E-state index in [0.717, 1.165) is 11.8 Å². The molecule has 0 heterocycles. The molecule has 0 aliphatic carbocycles. The van der Waals surface area contributed by atoms with Gasteiger partial charge in [-0.3, -0.25) is 9.59 Å². The summed E-state index contributed by atoms with van der Waals surface area (Å²) in [6.45, 7) is 5.83. The lowest BCUT2D eigenvalue weighted by Crippen LogP contribution is -2.37. The van der Waals surface area contributed by atoms with Crippen LogP contribution < -0.4 is 10.6 Å². The average molecular weight is 367 g/mol. The van der Waals surface area contributed by atoms with Crippen molar-refractivity contribution in [1.82, 2.24) is 10.6 Å². The van der Waals surface area contributed by atoms with Gasteiger partial charge in [0.05, 0.1) is 0 Å². The second-order valence-electron chi connectivity index (χ2n) is 6.89. The standard InChI is InChI=1S/C21H23N2O4/c1-21(2,3)27-20(26)23-12-11-22-19(25)16-9-10-17(14-24)18(13-16)15-7-5-4-6-8-15/h5-10,13-14H,11-12H2,1-3H3,(H,22,25)(H,23,26). The van der Waals surface area contributed by atoms with Crippen LogP contribution >= 0.6 is 0 Å². The van der Waals surface area contributed by atoms with Crippen molar-refractivity contribution in [1.29, 1.82) is 0 Å². The van der Waals surface area contributed by atoms with E-state index >= 15 is 0 Å². The van der Waals surface area contributed by atoms with E-state index < -0.39 is 11.7 Å². The van der Waals surface area contributed by atoms with Gasteiger partial charge in [0.25, 0.3) is 5.91 Å². The van der Waals surface area contributed by atoms with Crippen molar-refractivity contribution in [3.8, 4) is 11.1 Å². The third kappa shape index (κ3) is 6.26. The molecule has 2 N–H and O–H groups in total. The Hall–Kier alpha value is -3.15. The molecule has 0 fully saturated rings. The van der Waals surface area contributed by atoms with Crippen molar-refractivity contribution < 1.29 is 19.1 Å². The fourth-order valence-electron chi connectivity index (χ4n) is 2.37. The predicted octanol–water partition coefficient (Wildman–Crippen LogP) is 3.22. The molecule has 1 radical (unpaired) electrons. The van der Waals surface area contributed by atoms with Crippen molar-refractivity contribution in [2.45, 2.75) is 26.4 Å². The largest absolute Gasteiger partial charge is 0.444 e. The van der Waals surface area contributed by atoms with Gasteiger partial charge in [0, 0.05) is 24.2 Å². The van der Waals surface area contributed by atoms with Gasteiger partial charge in [-0.25, -0.2) is 4.79 Å². The monoisotopic (exact) mass is 367 g/mol. The number of nitrogens with one attached hydrogen (secondary N) is 2. The van der Waals surface area contributed by atoms with E-state index in [1.807, 2.05) is 12.1 Å². The molecule has 0 aromatic heterocycles. The summed E-state index contributed by atoms with van der Waals surface area (Å²) in [5.74, 6) is -0.290. The first kappa shape index (κ1) is 20.2. The Labute approximate surface area is 158 Å². The molecule has 2 amide bonds. The van der Waals surface area contributed by atoms with Crippen LogP contribution in [0.3, 0.4) is 0 Å². The lowest BCUT2D eigenvalue weighted by molar-refractivity contribution is 0.0526. The lowest BCUT2D eigenvalue weighted by atomic mass is 9.97. The number of ether oxygens (including phenoxy) is 1. The highest BCUT2D eigenvalue weighted by atomic mass is 16.6. The maximum absolute atomic E-state index is 12.4.